The molecule has 1 aromatic carbocycles. The fourth-order valence-corrected chi connectivity index (χ4v) is 1.21. The summed E-state index contributed by atoms with van der Waals surface area (Å²) in [5, 5.41) is 3.67. The van der Waals surface area contributed by atoms with E-state index in [-0.39, 0.29) is 0 Å². The molecule has 102 valence electrons. The molecule has 0 bridgehead atoms. The van der Waals surface area contributed by atoms with E-state index < -0.39 is 12.1 Å². The number of esters is 1. The quantitative estimate of drug-likeness (QED) is 0.384. The van der Waals surface area contributed by atoms with Crippen molar-refractivity contribution in [3.05, 3.63) is 23.8 Å². The highest BCUT2D eigenvalue weighted by molar-refractivity contribution is 5.82. The van der Waals surface area contributed by atoms with E-state index in [1.54, 1.807) is 18.2 Å². The third-order valence-corrected chi connectivity index (χ3v) is 2.00. The second-order valence-electron chi connectivity index (χ2n) is 3.37. The van der Waals surface area contributed by atoms with Crippen LogP contribution in [0.3, 0.4) is 0 Å². The van der Waals surface area contributed by atoms with Crippen LogP contribution < -0.4 is 14.9 Å². The summed E-state index contributed by atoms with van der Waals surface area (Å²) >= 11 is 0. The van der Waals surface area contributed by atoms with E-state index in [2.05, 4.69) is 15.3 Å². The number of hydrogen-bond donors (Lipinski definition) is 1. The zero-order valence-corrected chi connectivity index (χ0v) is 10.8. The third kappa shape index (κ3) is 4.66. The lowest BCUT2D eigenvalue weighted by Gasteiger charge is -2.08. The molecular formula is C12H14N2O5. The molecular weight excluding hydrogens is 252 g/mol. The van der Waals surface area contributed by atoms with Crippen LogP contribution in [0.1, 0.15) is 12.5 Å². The number of rotatable bonds is 4. The Bertz CT molecular complexity index is 499. The number of hydrogen-bond acceptors (Lipinski definition) is 6. The van der Waals surface area contributed by atoms with Gasteiger partial charge in [-0.1, -0.05) is 0 Å². The number of hydrazone groups is 1. The summed E-state index contributed by atoms with van der Waals surface area (Å²) in [6, 6.07) is 4.84. The lowest BCUT2D eigenvalue weighted by Crippen LogP contribution is -2.16. The van der Waals surface area contributed by atoms with Crippen molar-refractivity contribution in [2.24, 2.45) is 5.10 Å². The highest BCUT2D eigenvalue weighted by atomic mass is 16.6. The highest BCUT2D eigenvalue weighted by Crippen LogP contribution is 2.27. The molecule has 1 N–H and O–H groups in total. The maximum absolute atomic E-state index is 10.9. The number of carbonyl (C=O) groups is 2. The molecule has 0 aliphatic rings. The van der Waals surface area contributed by atoms with Gasteiger partial charge in [-0.2, -0.15) is 5.10 Å². The summed E-state index contributed by atoms with van der Waals surface area (Å²) < 4.78 is 14.4. The van der Waals surface area contributed by atoms with Gasteiger partial charge in [-0.25, -0.2) is 10.2 Å². The molecule has 0 radical (unpaired) electrons. The first-order chi connectivity index (χ1) is 9.06. The van der Waals surface area contributed by atoms with Crippen molar-refractivity contribution in [1.82, 2.24) is 5.43 Å². The van der Waals surface area contributed by atoms with Gasteiger partial charge in [0.1, 0.15) is 0 Å². The molecule has 0 spiro atoms. The van der Waals surface area contributed by atoms with Crippen molar-refractivity contribution in [3.63, 3.8) is 0 Å². The predicted molar refractivity (Wildman–Crippen MR) is 67.4 cm³/mol. The van der Waals surface area contributed by atoms with Gasteiger partial charge in [0.2, 0.25) is 0 Å². The largest absolute Gasteiger partial charge is 0.493 e. The van der Waals surface area contributed by atoms with Gasteiger partial charge in [0.15, 0.2) is 11.5 Å². The second kappa shape index (κ2) is 7.00. The van der Waals surface area contributed by atoms with Gasteiger partial charge in [0.05, 0.1) is 20.4 Å². The SMILES string of the molecule is COC(=O)NN=Cc1ccc(OC(C)=O)c(OC)c1. The van der Waals surface area contributed by atoms with E-state index in [9.17, 15) is 9.59 Å². The zero-order chi connectivity index (χ0) is 14.3. The van der Waals surface area contributed by atoms with Gasteiger partial charge >= 0.3 is 12.1 Å². The van der Waals surface area contributed by atoms with Gasteiger partial charge in [-0.3, -0.25) is 4.79 Å². The van der Waals surface area contributed by atoms with Gasteiger partial charge in [0.25, 0.3) is 0 Å². The Balaban J connectivity index is 2.81. The number of ether oxygens (including phenoxy) is 3. The number of carbonyl (C=O) groups excluding carboxylic acids is 2. The molecule has 0 aromatic heterocycles. The van der Waals surface area contributed by atoms with Crippen LogP contribution in [0.25, 0.3) is 0 Å². The normalized spacial score (nSPS) is 10.1. The van der Waals surface area contributed by atoms with Crippen molar-refractivity contribution in [3.8, 4) is 11.5 Å². The molecule has 0 aliphatic carbocycles. The van der Waals surface area contributed by atoms with Crippen LogP contribution in [0.2, 0.25) is 0 Å². The molecule has 0 saturated carbocycles. The molecule has 7 heteroatoms. The van der Waals surface area contributed by atoms with Crippen LogP contribution in [-0.4, -0.2) is 32.5 Å². The Hall–Kier alpha value is -2.57. The fraction of sp³-hybridized carbons (Fsp3) is 0.250. The molecule has 0 heterocycles. The van der Waals surface area contributed by atoms with Crippen molar-refractivity contribution in [2.75, 3.05) is 14.2 Å². The van der Waals surface area contributed by atoms with Gasteiger partial charge in [-0.15, -0.1) is 0 Å². The molecule has 1 aromatic rings. The molecule has 19 heavy (non-hydrogen) atoms. The predicted octanol–water partition coefficient (Wildman–Crippen LogP) is 1.31. The Kier molecular flexibility index (Phi) is 5.34. The monoisotopic (exact) mass is 266 g/mol. The molecule has 0 aliphatic heterocycles. The minimum absolute atomic E-state index is 0.313. The number of benzene rings is 1. The Morgan fingerprint density at radius 1 is 1.26 bits per heavy atom. The standard InChI is InChI=1S/C12H14N2O5/c1-8(15)19-10-5-4-9(6-11(10)17-2)7-13-14-12(16)18-3/h4-7H,1-3H3,(H,14,16). The Morgan fingerprint density at radius 2 is 2.00 bits per heavy atom. The Morgan fingerprint density at radius 3 is 2.58 bits per heavy atom. The smallest absolute Gasteiger partial charge is 0.427 e. The van der Waals surface area contributed by atoms with Crippen molar-refractivity contribution in [1.29, 1.82) is 0 Å². The van der Waals surface area contributed by atoms with Crippen molar-refractivity contribution >= 4 is 18.3 Å². The van der Waals surface area contributed by atoms with Crippen LogP contribution in [-0.2, 0) is 9.53 Å². The maximum Gasteiger partial charge on any atom is 0.427 e. The topological polar surface area (TPSA) is 86.2 Å². The molecule has 1 rings (SSSR count). The average Bonchev–Trinajstić information content (AvgIpc) is 2.39. The summed E-state index contributed by atoms with van der Waals surface area (Å²) in [6.45, 7) is 1.30. The Labute approximate surface area is 110 Å². The number of methoxy groups -OCH3 is 2. The minimum atomic E-state index is -0.667. The number of amides is 1. The summed E-state index contributed by atoms with van der Waals surface area (Å²) in [5.41, 5.74) is 2.80. The van der Waals surface area contributed by atoms with E-state index in [0.29, 0.717) is 17.1 Å². The molecule has 7 nitrogen and oxygen atoms in total. The molecule has 0 saturated heterocycles. The first-order valence-electron chi connectivity index (χ1n) is 5.30. The van der Waals surface area contributed by atoms with Crippen LogP contribution in [0, 0.1) is 0 Å². The fourth-order valence-electron chi connectivity index (χ4n) is 1.21. The molecule has 1 amide bonds. The van der Waals surface area contributed by atoms with Crippen LogP contribution in [0.15, 0.2) is 23.3 Å². The lowest BCUT2D eigenvalue weighted by atomic mass is 10.2. The van der Waals surface area contributed by atoms with E-state index in [1.165, 1.54) is 27.4 Å². The summed E-state index contributed by atoms with van der Waals surface area (Å²) in [5.74, 6) is 0.261. The maximum atomic E-state index is 10.9. The van der Waals surface area contributed by atoms with Crippen LogP contribution >= 0.6 is 0 Å². The third-order valence-electron chi connectivity index (χ3n) is 2.00. The van der Waals surface area contributed by atoms with E-state index >= 15 is 0 Å². The number of nitrogens with one attached hydrogen (secondary N) is 1. The molecule has 0 unspecified atom stereocenters. The van der Waals surface area contributed by atoms with E-state index in [1.807, 2.05) is 0 Å². The van der Waals surface area contributed by atoms with Crippen molar-refractivity contribution < 1.29 is 23.8 Å². The van der Waals surface area contributed by atoms with Gasteiger partial charge in [-0.05, 0) is 23.8 Å². The van der Waals surface area contributed by atoms with Crippen molar-refractivity contribution in [2.45, 2.75) is 6.92 Å². The number of nitrogens with zero attached hydrogens (tertiary/aromatic N) is 1. The average molecular weight is 266 g/mol. The van der Waals surface area contributed by atoms with E-state index in [0.717, 1.165) is 0 Å². The van der Waals surface area contributed by atoms with Crippen LogP contribution in [0.4, 0.5) is 4.79 Å². The van der Waals surface area contributed by atoms with Crippen LogP contribution in [0.5, 0.6) is 11.5 Å². The summed E-state index contributed by atoms with van der Waals surface area (Å²) in [4.78, 5) is 21.7. The molecule has 0 atom stereocenters. The molecule has 0 fully saturated rings. The summed E-state index contributed by atoms with van der Waals surface area (Å²) in [6.07, 6.45) is 0.733. The minimum Gasteiger partial charge on any atom is -0.493 e. The lowest BCUT2D eigenvalue weighted by molar-refractivity contribution is -0.132. The first-order valence-corrected chi connectivity index (χ1v) is 5.30. The van der Waals surface area contributed by atoms with E-state index in [4.69, 9.17) is 9.47 Å². The zero-order valence-electron chi connectivity index (χ0n) is 10.8. The summed E-state index contributed by atoms with van der Waals surface area (Å²) in [7, 11) is 2.69. The first kappa shape index (κ1) is 14.5. The van der Waals surface area contributed by atoms with Gasteiger partial charge < -0.3 is 14.2 Å². The second-order valence-corrected chi connectivity index (χ2v) is 3.37. The highest BCUT2D eigenvalue weighted by Gasteiger charge is 2.07. The van der Waals surface area contributed by atoms with Gasteiger partial charge in [0, 0.05) is 6.92 Å².